The van der Waals surface area contributed by atoms with Crippen LogP contribution in [0.5, 0.6) is 0 Å². The summed E-state index contributed by atoms with van der Waals surface area (Å²) in [6, 6.07) is 13.2. The highest BCUT2D eigenvalue weighted by Crippen LogP contribution is 2.38. The maximum atomic E-state index is 13.5. The standard InChI is InChI=1S/C25H22N4O2S/c1-14-9-10-18-16(12-14)17(13-20(28-18)19-7-4-5-11-27-19)24(31)29-25-22(23(26)30)15-6-2-3-8-21(15)32-25/h4-5,7,9-13H,2-3,6,8H2,1H3,(H2,26,30)(H,29,31). The molecule has 0 unspecified atom stereocenters. The van der Waals surface area contributed by atoms with Crippen molar-refractivity contribution in [1.29, 1.82) is 0 Å². The van der Waals surface area contributed by atoms with Gasteiger partial charge >= 0.3 is 0 Å². The Labute approximate surface area is 189 Å². The third kappa shape index (κ3) is 3.65. The van der Waals surface area contributed by atoms with Crippen LogP contribution in [-0.2, 0) is 12.8 Å². The number of pyridine rings is 2. The Morgan fingerprint density at radius 1 is 1.06 bits per heavy atom. The maximum absolute atomic E-state index is 13.5. The highest BCUT2D eigenvalue weighted by molar-refractivity contribution is 7.17. The fraction of sp³-hybridized carbons (Fsp3) is 0.200. The number of amides is 2. The van der Waals surface area contributed by atoms with E-state index in [1.165, 1.54) is 11.3 Å². The molecule has 32 heavy (non-hydrogen) atoms. The second kappa shape index (κ2) is 8.16. The number of rotatable bonds is 4. The molecule has 160 valence electrons. The van der Waals surface area contributed by atoms with Crippen molar-refractivity contribution in [1.82, 2.24) is 9.97 Å². The fourth-order valence-corrected chi connectivity index (χ4v) is 5.55. The molecule has 3 heterocycles. The monoisotopic (exact) mass is 442 g/mol. The molecule has 0 saturated carbocycles. The first kappa shape index (κ1) is 20.3. The summed E-state index contributed by atoms with van der Waals surface area (Å²) in [5, 5.41) is 4.27. The first-order chi connectivity index (χ1) is 15.5. The Balaban J connectivity index is 1.62. The van der Waals surface area contributed by atoms with Crippen LogP contribution in [0.25, 0.3) is 22.3 Å². The van der Waals surface area contributed by atoms with Crippen molar-refractivity contribution in [2.24, 2.45) is 5.73 Å². The van der Waals surface area contributed by atoms with Crippen molar-refractivity contribution in [3.8, 4) is 11.4 Å². The molecule has 7 heteroatoms. The number of anilines is 1. The first-order valence-electron chi connectivity index (χ1n) is 10.6. The molecule has 1 aromatic carbocycles. The van der Waals surface area contributed by atoms with E-state index in [1.54, 1.807) is 12.3 Å². The number of thiophene rings is 1. The summed E-state index contributed by atoms with van der Waals surface area (Å²) in [5.74, 6) is -0.786. The van der Waals surface area contributed by atoms with Crippen molar-refractivity contribution in [3.63, 3.8) is 0 Å². The minimum atomic E-state index is -0.496. The van der Waals surface area contributed by atoms with Gasteiger partial charge in [-0.15, -0.1) is 11.3 Å². The van der Waals surface area contributed by atoms with Crippen molar-refractivity contribution in [2.75, 3.05) is 5.32 Å². The number of fused-ring (bicyclic) bond motifs is 2. The lowest BCUT2D eigenvalue weighted by Gasteiger charge is -2.12. The predicted octanol–water partition coefficient (Wildman–Crippen LogP) is 4.90. The molecule has 4 aromatic rings. The van der Waals surface area contributed by atoms with Crippen LogP contribution < -0.4 is 11.1 Å². The second-order valence-corrected chi connectivity index (χ2v) is 9.13. The first-order valence-corrected chi connectivity index (χ1v) is 11.4. The zero-order chi connectivity index (χ0) is 22.2. The minimum absolute atomic E-state index is 0.290. The lowest BCUT2D eigenvalue weighted by Crippen LogP contribution is -2.19. The van der Waals surface area contributed by atoms with E-state index < -0.39 is 5.91 Å². The van der Waals surface area contributed by atoms with Crippen LogP contribution in [0.1, 0.15) is 49.6 Å². The van der Waals surface area contributed by atoms with Gasteiger partial charge < -0.3 is 11.1 Å². The quantitative estimate of drug-likeness (QED) is 0.470. The van der Waals surface area contributed by atoms with Crippen LogP contribution in [0.4, 0.5) is 5.00 Å². The Hall–Kier alpha value is -3.58. The number of carbonyl (C=O) groups is 2. The van der Waals surface area contributed by atoms with Gasteiger partial charge in [0.15, 0.2) is 0 Å². The zero-order valence-electron chi connectivity index (χ0n) is 17.6. The maximum Gasteiger partial charge on any atom is 0.257 e. The molecular weight excluding hydrogens is 420 g/mol. The van der Waals surface area contributed by atoms with Crippen LogP contribution >= 0.6 is 11.3 Å². The molecule has 0 atom stereocenters. The molecule has 0 saturated heterocycles. The number of benzene rings is 1. The molecule has 0 radical (unpaired) electrons. The van der Waals surface area contributed by atoms with Crippen LogP contribution in [0.15, 0.2) is 48.7 Å². The average molecular weight is 443 g/mol. The summed E-state index contributed by atoms with van der Waals surface area (Å²) in [7, 11) is 0. The Bertz CT molecular complexity index is 1360. The average Bonchev–Trinajstić information content (AvgIpc) is 3.17. The predicted molar refractivity (Wildman–Crippen MR) is 127 cm³/mol. The van der Waals surface area contributed by atoms with E-state index in [-0.39, 0.29) is 5.91 Å². The topological polar surface area (TPSA) is 98.0 Å². The molecule has 2 amide bonds. The van der Waals surface area contributed by atoms with Gasteiger partial charge in [-0.25, -0.2) is 4.98 Å². The van der Waals surface area contributed by atoms with Crippen LogP contribution in [0.2, 0.25) is 0 Å². The van der Waals surface area contributed by atoms with Gasteiger partial charge in [-0.3, -0.25) is 14.6 Å². The normalized spacial score (nSPS) is 13.0. The number of primary amides is 1. The SMILES string of the molecule is Cc1ccc2nc(-c3ccccn3)cc(C(=O)Nc3sc4c(c3C(N)=O)CCCC4)c2c1. The van der Waals surface area contributed by atoms with E-state index in [1.807, 2.05) is 43.3 Å². The van der Waals surface area contributed by atoms with Crippen molar-refractivity contribution < 1.29 is 9.59 Å². The van der Waals surface area contributed by atoms with E-state index in [0.29, 0.717) is 33.0 Å². The number of hydrogen-bond acceptors (Lipinski definition) is 5. The van der Waals surface area contributed by atoms with Crippen molar-refractivity contribution in [3.05, 3.63) is 75.8 Å². The van der Waals surface area contributed by atoms with Gasteiger partial charge in [-0.05, 0) is 68.5 Å². The lowest BCUT2D eigenvalue weighted by molar-refractivity contribution is 0.100. The third-order valence-corrected chi connectivity index (χ3v) is 6.99. The Morgan fingerprint density at radius 3 is 2.69 bits per heavy atom. The van der Waals surface area contributed by atoms with Crippen LogP contribution in [-0.4, -0.2) is 21.8 Å². The van der Waals surface area contributed by atoms with Gasteiger partial charge in [0.1, 0.15) is 5.00 Å². The smallest absolute Gasteiger partial charge is 0.257 e. The fourth-order valence-electron chi connectivity index (χ4n) is 4.26. The Kier molecular flexibility index (Phi) is 5.19. The molecule has 6 nitrogen and oxygen atoms in total. The molecule has 0 aliphatic heterocycles. The molecule has 0 bridgehead atoms. The van der Waals surface area contributed by atoms with Gasteiger partial charge in [0, 0.05) is 16.5 Å². The van der Waals surface area contributed by atoms with Gasteiger partial charge in [0.2, 0.25) is 0 Å². The van der Waals surface area contributed by atoms with Gasteiger partial charge in [0.25, 0.3) is 11.8 Å². The van der Waals surface area contributed by atoms with Crippen LogP contribution in [0, 0.1) is 6.92 Å². The van der Waals surface area contributed by atoms with Crippen molar-refractivity contribution in [2.45, 2.75) is 32.6 Å². The summed E-state index contributed by atoms with van der Waals surface area (Å²) in [4.78, 5) is 36.0. The zero-order valence-corrected chi connectivity index (χ0v) is 18.5. The number of nitrogens with two attached hydrogens (primary N) is 1. The summed E-state index contributed by atoms with van der Waals surface area (Å²) in [6.45, 7) is 1.98. The van der Waals surface area contributed by atoms with Gasteiger partial charge in [-0.1, -0.05) is 17.7 Å². The number of aryl methyl sites for hydroxylation is 2. The summed E-state index contributed by atoms with van der Waals surface area (Å²) >= 11 is 1.46. The summed E-state index contributed by atoms with van der Waals surface area (Å²) in [6.07, 6.45) is 5.55. The molecular formula is C25H22N4O2S. The minimum Gasteiger partial charge on any atom is -0.365 e. The Morgan fingerprint density at radius 2 is 1.91 bits per heavy atom. The van der Waals surface area contributed by atoms with Gasteiger partial charge in [0.05, 0.1) is 28.0 Å². The molecule has 1 aliphatic rings. The van der Waals surface area contributed by atoms with E-state index in [2.05, 4.69) is 10.3 Å². The van der Waals surface area contributed by atoms with Gasteiger partial charge in [-0.2, -0.15) is 0 Å². The number of nitrogens with one attached hydrogen (secondary N) is 1. The van der Waals surface area contributed by atoms with E-state index in [4.69, 9.17) is 10.7 Å². The molecule has 3 aromatic heterocycles. The number of carbonyl (C=O) groups excluding carboxylic acids is 2. The van der Waals surface area contributed by atoms with E-state index in [0.717, 1.165) is 47.1 Å². The summed E-state index contributed by atoms with van der Waals surface area (Å²) < 4.78 is 0. The second-order valence-electron chi connectivity index (χ2n) is 8.02. The van der Waals surface area contributed by atoms with E-state index in [9.17, 15) is 9.59 Å². The summed E-state index contributed by atoms with van der Waals surface area (Å²) in [5.41, 5.74) is 10.7. The highest BCUT2D eigenvalue weighted by atomic mass is 32.1. The lowest BCUT2D eigenvalue weighted by atomic mass is 9.95. The number of nitrogens with zero attached hydrogens (tertiary/aromatic N) is 2. The third-order valence-electron chi connectivity index (χ3n) is 5.78. The van der Waals surface area contributed by atoms with E-state index >= 15 is 0 Å². The van der Waals surface area contributed by atoms with Crippen LogP contribution in [0.3, 0.4) is 0 Å². The number of aromatic nitrogens is 2. The number of hydrogen-bond donors (Lipinski definition) is 2. The highest BCUT2D eigenvalue weighted by Gasteiger charge is 2.26. The molecule has 1 aliphatic carbocycles. The van der Waals surface area contributed by atoms with Crippen molar-refractivity contribution >= 4 is 39.1 Å². The molecule has 0 fully saturated rings. The molecule has 0 spiro atoms. The molecule has 5 rings (SSSR count). The largest absolute Gasteiger partial charge is 0.365 e. The molecule has 3 N–H and O–H groups in total.